The Bertz CT molecular complexity index is 2000. The van der Waals surface area contributed by atoms with E-state index in [-0.39, 0.29) is 17.1 Å². The zero-order valence-corrected chi connectivity index (χ0v) is 22.7. The van der Waals surface area contributed by atoms with Crippen molar-refractivity contribution in [1.82, 2.24) is 18.9 Å². The normalized spacial score (nSPS) is 11.5. The second-order valence-electron chi connectivity index (χ2n) is 9.68. The number of nitrogen functional groups attached to an aromatic ring is 1. The molecule has 3 aromatic carbocycles. The second kappa shape index (κ2) is 10.8. The predicted octanol–water partition coefficient (Wildman–Crippen LogP) is 5.33. The Morgan fingerprint density at radius 3 is 2.44 bits per heavy atom. The van der Waals surface area contributed by atoms with Crippen molar-refractivity contribution in [2.24, 2.45) is 0 Å². The first kappa shape index (κ1) is 26.1. The number of pyridine rings is 1. The monoisotopic (exact) mass is 559 g/mol. The van der Waals surface area contributed by atoms with Gasteiger partial charge in [0.1, 0.15) is 6.33 Å². The average molecular weight is 560 g/mol. The zero-order chi connectivity index (χ0) is 28.4. The molecule has 0 saturated carbocycles. The molecular formula is C32H25N5O3S. The van der Waals surface area contributed by atoms with Crippen LogP contribution in [0.15, 0.2) is 121 Å². The number of hydrogen-bond donors (Lipinski definition) is 1. The van der Waals surface area contributed by atoms with Gasteiger partial charge in [-0.3, -0.25) is 4.79 Å². The number of carbonyl (C=O) groups excluding carboxylic acids is 1. The molecule has 0 radical (unpaired) electrons. The fraction of sp³-hybridized carbons (Fsp3) is 0.0625. The maximum absolute atomic E-state index is 13.1. The third-order valence-electron chi connectivity index (χ3n) is 6.76. The van der Waals surface area contributed by atoms with Crippen molar-refractivity contribution in [2.45, 2.75) is 17.7 Å². The number of fused-ring (bicyclic) bond motifs is 1. The Morgan fingerprint density at radius 1 is 0.805 bits per heavy atom. The molecule has 0 unspecified atom stereocenters. The van der Waals surface area contributed by atoms with Gasteiger partial charge >= 0.3 is 0 Å². The van der Waals surface area contributed by atoms with E-state index in [1.807, 2.05) is 36.4 Å². The van der Waals surface area contributed by atoms with Gasteiger partial charge in [0.25, 0.3) is 10.0 Å². The van der Waals surface area contributed by atoms with Crippen LogP contribution in [-0.4, -0.2) is 33.1 Å². The van der Waals surface area contributed by atoms with Gasteiger partial charge in [0.2, 0.25) is 0 Å². The highest BCUT2D eigenvalue weighted by Gasteiger charge is 2.19. The van der Waals surface area contributed by atoms with Gasteiger partial charge in [-0.25, -0.2) is 27.3 Å². The molecule has 2 N–H and O–H groups in total. The van der Waals surface area contributed by atoms with Gasteiger partial charge in [-0.15, -0.1) is 0 Å². The van der Waals surface area contributed by atoms with Crippen LogP contribution in [0.2, 0.25) is 0 Å². The maximum atomic E-state index is 13.1. The standard InChI is InChI=1S/C32H25N5O3S/c33-27-9-5-8-24(18-27)31(38)16-23-7-4-6-22(14-23)15-28-19-30(36-21-35-28)26-17-25-12-13-37(32(25)34-20-26)41(39,40)29-10-2-1-3-11-29/h1-14,17-21H,15-16,33H2. The Kier molecular flexibility index (Phi) is 6.86. The van der Waals surface area contributed by atoms with Crippen molar-refractivity contribution in [1.29, 1.82) is 0 Å². The quantitative estimate of drug-likeness (QED) is 0.198. The third kappa shape index (κ3) is 5.48. The van der Waals surface area contributed by atoms with Gasteiger partial charge in [-0.05, 0) is 53.6 Å². The lowest BCUT2D eigenvalue weighted by Crippen LogP contribution is -2.12. The van der Waals surface area contributed by atoms with E-state index in [9.17, 15) is 13.2 Å². The number of nitrogens with two attached hydrogens (primary N) is 1. The molecule has 0 saturated heterocycles. The van der Waals surface area contributed by atoms with E-state index >= 15 is 0 Å². The summed E-state index contributed by atoms with van der Waals surface area (Å²) >= 11 is 0. The van der Waals surface area contributed by atoms with Gasteiger partial charge in [-0.2, -0.15) is 0 Å². The number of anilines is 1. The SMILES string of the molecule is Nc1cccc(C(=O)Cc2cccc(Cc3cc(-c4cnc5c(ccn5S(=O)(=O)c5ccccc5)c4)ncn3)c2)c1. The van der Waals surface area contributed by atoms with E-state index in [2.05, 4.69) is 15.0 Å². The molecule has 0 spiro atoms. The van der Waals surface area contributed by atoms with Crippen molar-refractivity contribution >= 4 is 32.5 Å². The first-order valence-electron chi connectivity index (χ1n) is 12.9. The van der Waals surface area contributed by atoms with Crippen LogP contribution < -0.4 is 5.73 Å². The summed E-state index contributed by atoms with van der Waals surface area (Å²) in [6.07, 6.45) is 5.47. The molecule has 0 aliphatic heterocycles. The van der Waals surface area contributed by atoms with Gasteiger partial charge in [-0.1, -0.05) is 54.6 Å². The Balaban J connectivity index is 1.22. The molecule has 0 fully saturated rings. The summed E-state index contributed by atoms with van der Waals surface area (Å²) in [6.45, 7) is 0. The Labute approximate surface area is 237 Å². The van der Waals surface area contributed by atoms with E-state index in [1.165, 1.54) is 16.5 Å². The summed E-state index contributed by atoms with van der Waals surface area (Å²) in [4.78, 5) is 26.3. The smallest absolute Gasteiger partial charge is 0.269 e. The Hall–Kier alpha value is -5.15. The molecule has 0 aliphatic rings. The lowest BCUT2D eigenvalue weighted by molar-refractivity contribution is 0.0993. The van der Waals surface area contributed by atoms with Crippen LogP contribution in [-0.2, 0) is 22.9 Å². The Morgan fingerprint density at radius 2 is 1.61 bits per heavy atom. The zero-order valence-electron chi connectivity index (χ0n) is 21.9. The van der Waals surface area contributed by atoms with Gasteiger partial charge in [0.05, 0.1) is 10.6 Å². The molecule has 0 amide bonds. The summed E-state index contributed by atoms with van der Waals surface area (Å²) in [5, 5.41) is 0.680. The minimum absolute atomic E-state index is 0.00654. The van der Waals surface area contributed by atoms with Gasteiger partial charge < -0.3 is 5.73 Å². The number of benzene rings is 3. The van der Waals surface area contributed by atoms with Crippen LogP contribution in [0.5, 0.6) is 0 Å². The minimum atomic E-state index is -3.77. The summed E-state index contributed by atoms with van der Waals surface area (Å²) in [5.41, 5.74) is 11.5. The van der Waals surface area contributed by atoms with E-state index in [4.69, 9.17) is 5.73 Å². The molecule has 9 heteroatoms. The van der Waals surface area contributed by atoms with Crippen molar-refractivity contribution in [2.75, 3.05) is 5.73 Å². The number of ketones is 1. The first-order chi connectivity index (χ1) is 19.9. The molecule has 3 heterocycles. The van der Waals surface area contributed by atoms with Crippen LogP contribution in [0.1, 0.15) is 27.2 Å². The van der Waals surface area contributed by atoms with E-state index in [0.29, 0.717) is 34.4 Å². The molecule has 0 aliphatic carbocycles. The molecule has 6 aromatic rings. The number of carbonyl (C=O) groups is 1. The second-order valence-corrected chi connectivity index (χ2v) is 11.5. The fourth-order valence-corrected chi connectivity index (χ4v) is 6.08. The van der Waals surface area contributed by atoms with Crippen LogP contribution >= 0.6 is 0 Å². The fourth-order valence-electron chi connectivity index (χ4n) is 4.75. The van der Waals surface area contributed by atoms with E-state index in [1.54, 1.807) is 66.9 Å². The maximum Gasteiger partial charge on any atom is 0.269 e. The molecule has 0 bridgehead atoms. The van der Waals surface area contributed by atoms with Crippen molar-refractivity contribution in [3.8, 4) is 11.3 Å². The lowest BCUT2D eigenvalue weighted by atomic mass is 9.99. The largest absolute Gasteiger partial charge is 0.399 e. The number of nitrogens with zero attached hydrogens (tertiary/aromatic N) is 4. The van der Waals surface area contributed by atoms with E-state index in [0.717, 1.165) is 22.4 Å². The number of Topliss-reactive ketones (excluding diaryl/α,β-unsaturated/α-hetero) is 1. The summed E-state index contributed by atoms with van der Waals surface area (Å²) in [6, 6.07) is 28.6. The van der Waals surface area contributed by atoms with Crippen molar-refractivity contribution in [3.05, 3.63) is 138 Å². The highest BCUT2D eigenvalue weighted by molar-refractivity contribution is 7.90. The lowest BCUT2D eigenvalue weighted by Gasteiger charge is -2.08. The predicted molar refractivity (Wildman–Crippen MR) is 158 cm³/mol. The van der Waals surface area contributed by atoms with Gasteiger partial charge in [0.15, 0.2) is 11.4 Å². The highest BCUT2D eigenvalue weighted by atomic mass is 32.2. The molecule has 41 heavy (non-hydrogen) atoms. The van der Waals surface area contributed by atoms with Gasteiger partial charge in [0, 0.05) is 53.1 Å². The molecule has 6 rings (SSSR count). The average Bonchev–Trinajstić information content (AvgIpc) is 3.42. The van der Waals surface area contributed by atoms with Crippen LogP contribution in [0.4, 0.5) is 5.69 Å². The van der Waals surface area contributed by atoms with Crippen molar-refractivity contribution in [3.63, 3.8) is 0 Å². The molecule has 8 nitrogen and oxygen atoms in total. The van der Waals surface area contributed by atoms with Crippen molar-refractivity contribution < 1.29 is 13.2 Å². The third-order valence-corrected chi connectivity index (χ3v) is 8.44. The first-order valence-corrected chi connectivity index (χ1v) is 14.4. The number of aromatic nitrogens is 4. The van der Waals surface area contributed by atoms with E-state index < -0.39 is 10.0 Å². The number of hydrogen-bond acceptors (Lipinski definition) is 7. The van der Waals surface area contributed by atoms with Crippen LogP contribution in [0.25, 0.3) is 22.3 Å². The summed E-state index contributed by atoms with van der Waals surface area (Å²) < 4.78 is 27.5. The molecule has 202 valence electrons. The summed E-state index contributed by atoms with van der Waals surface area (Å²) in [5.74, 6) is 0.00654. The molecule has 3 aromatic heterocycles. The molecular weight excluding hydrogens is 534 g/mol. The molecule has 0 atom stereocenters. The minimum Gasteiger partial charge on any atom is -0.399 e. The van der Waals surface area contributed by atoms with Crippen LogP contribution in [0, 0.1) is 0 Å². The number of rotatable bonds is 8. The topological polar surface area (TPSA) is 121 Å². The van der Waals surface area contributed by atoms with Crippen LogP contribution in [0.3, 0.4) is 0 Å². The summed E-state index contributed by atoms with van der Waals surface area (Å²) in [7, 11) is -3.77. The highest BCUT2D eigenvalue weighted by Crippen LogP contribution is 2.25.